The first-order valence-electron chi connectivity index (χ1n) is 6.53. The molecule has 0 radical (unpaired) electrons. The first-order chi connectivity index (χ1) is 9.40. The highest BCUT2D eigenvalue weighted by Crippen LogP contribution is 2.31. The van der Waals surface area contributed by atoms with E-state index in [1.54, 1.807) is 4.90 Å². The molecule has 1 fully saturated rings. The van der Waals surface area contributed by atoms with E-state index in [1.165, 1.54) is 10.8 Å². The Morgan fingerprint density at radius 1 is 1.30 bits per heavy atom. The zero-order valence-corrected chi connectivity index (χ0v) is 11.2. The van der Waals surface area contributed by atoms with Gasteiger partial charge in [0, 0.05) is 6.04 Å². The van der Waals surface area contributed by atoms with Crippen molar-refractivity contribution in [2.75, 3.05) is 0 Å². The second kappa shape index (κ2) is 4.24. The molecule has 0 bridgehead atoms. The van der Waals surface area contributed by atoms with Crippen LogP contribution in [0.1, 0.15) is 30.8 Å². The highest BCUT2D eigenvalue weighted by Gasteiger charge is 2.42. The van der Waals surface area contributed by atoms with Gasteiger partial charge in [0.1, 0.15) is 0 Å². The second-order valence-corrected chi connectivity index (χ2v) is 5.39. The van der Waals surface area contributed by atoms with E-state index in [0.29, 0.717) is 6.42 Å². The van der Waals surface area contributed by atoms with Crippen LogP contribution in [0.25, 0.3) is 0 Å². The number of hydrogen-bond donors (Lipinski definition) is 2. The lowest BCUT2D eigenvalue weighted by atomic mass is 10.0. The number of ether oxygens (including phenoxy) is 1. The number of fused-ring (bicyclic) bond motifs is 2. The predicted molar refractivity (Wildman–Crippen MR) is 68.6 cm³/mol. The third-order valence-electron chi connectivity index (χ3n) is 3.87. The quantitative estimate of drug-likeness (QED) is 0.710. The summed E-state index contributed by atoms with van der Waals surface area (Å²) in [6.45, 7) is 4.13. The smallest absolute Gasteiger partial charge is 0.276 e. The van der Waals surface area contributed by atoms with E-state index < -0.39 is 29.1 Å². The molecule has 1 saturated heterocycles. The van der Waals surface area contributed by atoms with Crippen LogP contribution in [-0.2, 0) is 11.3 Å². The normalized spacial score (nSPS) is 29.0. The van der Waals surface area contributed by atoms with Gasteiger partial charge in [-0.05, 0) is 20.3 Å². The minimum Gasteiger partial charge on any atom is -0.503 e. The monoisotopic (exact) mass is 280 g/mol. The number of nitrogens with zero attached hydrogens (tertiary/aromatic N) is 2. The number of aromatic hydroxyl groups is 2. The molecule has 0 saturated carbocycles. The summed E-state index contributed by atoms with van der Waals surface area (Å²) >= 11 is 0. The van der Waals surface area contributed by atoms with Gasteiger partial charge in [-0.25, -0.2) is 0 Å². The van der Waals surface area contributed by atoms with Crippen molar-refractivity contribution in [3.63, 3.8) is 0 Å². The molecule has 0 spiro atoms. The number of aromatic nitrogens is 1. The lowest BCUT2D eigenvalue weighted by molar-refractivity contribution is -0.146. The van der Waals surface area contributed by atoms with Crippen LogP contribution in [0.3, 0.4) is 0 Å². The molecule has 1 amide bonds. The Hall–Kier alpha value is -2.02. The summed E-state index contributed by atoms with van der Waals surface area (Å²) < 4.78 is 7.12. The van der Waals surface area contributed by atoms with Crippen LogP contribution in [0.4, 0.5) is 0 Å². The van der Waals surface area contributed by atoms with Crippen LogP contribution in [-0.4, -0.2) is 44.0 Å². The Labute approximate surface area is 115 Å². The van der Waals surface area contributed by atoms with E-state index in [1.807, 2.05) is 13.8 Å². The molecule has 1 aromatic rings. The van der Waals surface area contributed by atoms with Crippen LogP contribution >= 0.6 is 0 Å². The average molecular weight is 280 g/mol. The number of carbonyl (C=O) groups is 1. The Morgan fingerprint density at radius 3 is 2.70 bits per heavy atom. The number of amides is 1. The zero-order chi connectivity index (χ0) is 14.6. The van der Waals surface area contributed by atoms with Crippen LogP contribution < -0.4 is 5.43 Å². The maximum Gasteiger partial charge on any atom is 0.276 e. The molecule has 3 rings (SSSR count). The summed E-state index contributed by atoms with van der Waals surface area (Å²) in [6.07, 6.45) is 1.45. The van der Waals surface area contributed by atoms with Crippen molar-refractivity contribution < 1.29 is 19.7 Å². The lowest BCUT2D eigenvalue weighted by Crippen LogP contribution is -2.58. The van der Waals surface area contributed by atoms with E-state index in [9.17, 15) is 19.8 Å². The lowest BCUT2D eigenvalue weighted by Gasteiger charge is -2.46. The van der Waals surface area contributed by atoms with Crippen molar-refractivity contribution in [3.8, 4) is 11.5 Å². The molecule has 2 aliphatic rings. The summed E-state index contributed by atoms with van der Waals surface area (Å²) in [4.78, 5) is 25.6. The van der Waals surface area contributed by atoms with Crippen molar-refractivity contribution >= 4 is 5.91 Å². The SMILES string of the molecule is C[C@@H]1C[C@@H](C)N2C(=O)c3c(O)c(=O)c(O)cn3C[C@@H]2O1. The number of pyridine rings is 1. The highest BCUT2D eigenvalue weighted by atomic mass is 16.5. The van der Waals surface area contributed by atoms with Crippen molar-refractivity contribution in [2.24, 2.45) is 0 Å². The Bertz CT molecular complexity index is 638. The number of rotatable bonds is 0. The molecular weight excluding hydrogens is 264 g/mol. The third kappa shape index (κ3) is 1.70. The van der Waals surface area contributed by atoms with Gasteiger partial charge in [0.25, 0.3) is 11.3 Å². The molecule has 3 atom stereocenters. The van der Waals surface area contributed by atoms with Crippen molar-refractivity contribution in [1.29, 1.82) is 0 Å². The largest absolute Gasteiger partial charge is 0.503 e. The van der Waals surface area contributed by atoms with Crippen LogP contribution in [0.5, 0.6) is 11.5 Å². The molecule has 0 aromatic carbocycles. The van der Waals surface area contributed by atoms with Crippen molar-refractivity contribution in [2.45, 2.75) is 45.2 Å². The summed E-state index contributed by atoms with van der Waals surface area (Å²) in [5.41, 5.74) is -1.02. The Balaban J connectivity index is 2.13. The van der Waals surface area contributed by atoms with E-state index in [0.717, 1.165) is 0 Å². The predicted octanol–water partition coefficient (Wildman–Crippen LogP) is 0.239. The Morgan fingerprint density at radius 2 is 2.00 bits per heavy atom. The van der Waals surface area contributed by atoms with E-state index in [2.05, 4.69) is 0 Å². The van der Waals surface area contributed by atoms with Crippen LogP contribution in [0.15, 0.2) is 11.0 Å². The molecule has 7 heteroatoms. The molecule has 0 unspecified atom stereocenters. The zero-order valence-electron chi connectivity index (χ0n) is 11.2. The number of hydrogen-bond acceptors (Lipinski definition) is 5. The van der Waals surface area contributed by atoms with Crippen LogP contribution in [0, 0.1) is 0 Å². The summed E-state index contributed by atoms with van der Waals surface area (Å²) in [5, 5.41) is 19.3. The fraction of sp³-hybridized carbons (Fsp3) is 0.538. The molecule has 2 aliphatic heterocycles. The van der Waals surface area contributed by atoms with Gasteiger partial charge in [-0.1, -0.05) is 0 Å². The number of carbonyl (C=O) groups excluding carboxylic acids is 1. The van der Waals surface area contributed by atoms with Gasteiger partial charge in [-0.3, -0.25) is 9.59 Å². The van der Waals surface area contributed by atoms with Gasteiger partial charge in [-0.15, -0.1) is 0 Å². The highest BCUT2D eigenvalue weighted by molar-refractivity contribution is 5.96. The minimum atomic E-state index is -0.929. The molecule has 0 aliphatic carbocycles. The van der Waals surface area contributed by atoms with Crippen molar-refractivity contribution in [3.05, 3.63) is 22.1 Å². The molecule has 108 valence electrons. The topological polar surface area (TPSA) is 92.0 Å². The minimum absolute atomic E-state index is 0.0298. The average Bonchev–Trinajstić information content (AvgIpc) is 2.34. The maximum atomic E-state index is 12.5. The summed E-state index contributed by atoms with van der Waals surface area (Å²) in [6, 6.07) is -0.0340. The van der Waals surface area contributed by atoms with Gasteiger partial charge in [0.2, 0.25) is 0 Å². The molecular formula is C13H16N2O5. The van der Waals surface area contributed by atoms with E-state index in [-0.39, 0.29) is 24.4 Å². The molecule has 20 heavy (non-hydrogen) atoms. The first-order valence-corrected chi connectivity index (χ1v) is 6.53. The first kappa shape index (κ1) is 13.0. The summed E-state index contributed by atoms with van der Waals surface area (Å²) in [5.74, 6) is -1.74. The van der Waals surface area contributed by atoms with Crippen molar-refractivity contribution in [1.82, 2.24) is 9.47 Å². The molecule has 3 heterocycles. The van der Waals surface area contributed by atoms with E-state index >= 15 is 0 Å². The standard InChI is InChI=1S/C13H16N2O5/c1-6-3-7(2)20-9-5-14-4-8(16)11(17)12(18)10(14)13(19)15(6)9/h4,6-7,9,16,18H,3,5H2,1-2H3/t6-,7-,9+/m1/s1. The molecule has 1 aromatic heterocycles. The molecule has 2 N–H and O–H groups in total. The Kier molecular flexibility index (Phi) is 2.75. The summed E-state index contributed by atoms with van der Waals surface area (Å²) in [7, 11) is 0. The molecule has 7 nitrogen and oxygen atoms in total. The fourth-order valence-electron chi connectivity index (χ4n) is 3.02. The fourth-order valence-corrected chi connectivity index (χ4v) is 3.02. The second-order valence-electron chi connectivity index (χ2n) is 5.39. The van der Waals surface area contributed by atoms with Gasteiger partial charge >= 0.3 is 0 Å². The van der Waals surface area contributed by atoms with Crippen LogP contribution in [0.2, 0.25) is 0 Å². The maximum absolute atomic E-state index is 12.5. The third-order valence-corrected chi connectivity index (χ3v) is 3.87. The van der Waals surface area contributed by atoms with Gasteiger partial charge in [0.05, 0.1) is 18.8 Å². The van der Waals surface area contributed by atoms with Gasteiger partial charge in [-0.2, -0.15) is 0 Å². The van der Waals surface area contributed by atoms with E-state index in [4.69, 9.17) is 4.74 Å². The van der Waals surface area contributed by atoms with Gasteiger partial charge < -0.3 is 24.4 Å². The van der Waals surface area contributed by atoms with Gasteiger partial charge in [0.15, 0.2) is 23.4 Å².